The van der Waals surface area contributed by atoms with Crippen LogP contribution in [0.2, 0.25) is 0 Å². The van der Waals surface area contributed by atoms with Gasteiger partial charge in [-0.2, -0.15) is 5.10 Å². The predicted octanol–water partition coefficient (Wildman–Crippen LogP) is 5.53. The minimum absolute atomic E-state index is 0.0690. The number of amides is 3. The van der Waals surface area contributed by atoms with Crippen molar-refractivity contribution in [3.8, 4) is 5.69 Å². The molecule has 0 bridgehead atoms. The van der Waals surface area contributed by atoms with Gasteiger partial charge in [0, 0.05) is 23.7 Å². The number of aromatic nitrogens is 2. The Morgan fingerprint density at radius 3 is 2.32 bits per heavy atom. The fourth-order valence-electron chi connectivity index (χ4n) is 3.65. The van der Waals surface area contributed by atoms with Crippen molar-refractivity contribution in [1.82, 2.24) is 14.7 Å². The second-order valence-corrected chi connectivity index (χ2v) is 9.37. The Morgan fingerprint density at radius 1 is 1.00 bits per heavy atom. The van der Waals surface area contributed by atoms with Gasteiger partial charge < -0.3 is 15.5 Å². The summed E-state index contributed by atoms with van der Waals surface area (Å²) < 4.78 is 1.77. The van der Waals surface area contributed by atoms with Crippen LogP contribution in [0.5, 0.6) is 0 Å². The SMILES string of the molecule is CCc1ccccc1NC(=O)N(CC)CC(=O)Nc1cc(C(C)(C)C)nn1-c1ccccc1C. The average molecular weight is 462 g/mol. The maximum absolute atomic E-state index is 13.0. The van der Waals surface area contributed by atoms with Crippen molar-refractivity contribution < 1.29 is 9.59 Å². The van der Waals surface area contributed by atoms with Crippen LogP contribution in [0, 0.1) is 6.92 Å². The molecule has 2 aromatic carbocycles. The minimum Gasteiger partial charge on any atom is -0.315 e. The van der Waals surface area contributed by atoms with Gasteiger partial charge in [0.2, 0.25) is 5.91 Å². The lowest BCUT2D eigenvalue weighted by atomic mass is 9.92. The van der Waals surface area contributed by atoms with E-state index in [1.165, 1.54) is 4.90 Å². The average Bonchev–Trinajstić information content (AvgIpc) is 3.22. The van der Waals surface area contributed by atoms with Gasteiger partial charge in [0.15, 0.2) is 0 Å². The van der Waals surface area contributed by atoms with Crippen LogP contribution in [0.25, 0.3) is 5.69 Å². The molecule has 0 unspecified atom stereocenters. The Bertz CT molecular complexity index is 1160. The molecule has 2 N–H and O–H groups in total. The third-order valence-corrected chi connectivity index (χ3v) is 5.73. The maximum atomic E-state index is 13.0. The monoisotopic (exact) mass is 461 g/mol. The predicted molar refractivity (Wildman–Crippen MR) is 138 cm³/mol. The molecule has 0 spiro atoms. The zero-order valence-electron chi connectivity index (χ0n) is 21.0. The lowest BCUT2D eigenvalue weighted by Gasteiger charge is -2.22. The lowest BCUT2D eigenvalue weighted by Crippen LogP contribution is -2.40. The van der Waals surface area contributed by atoms with Gasteiger partial charge in [0.05, 0.1) is 11.4 Å². The number of urea groups is 1. The molecule has 3 rings (SSSR count). The van der Waals surface area contributed by atoms with E-state index < -0.39 is 0 Å². The second kappa shape index (κ2) is 10.5. The molecule has 0 radical (unpaired) electrons. The van der Waals surface area contributed by atoms with Gasteiger partial charge >= 0.3 is 6.03 Å². The summed E-state index contributed by atoms with van der Waals surface area (Å²) in [5.41, 5.74) is 4.44. The lowest BCUT2D eigenvalue weighted by molar-refractivity contribution is -0.116. The zero-order chi connectivity index (χ0) is 24.9. The van der Waals surface area contributed by atoms with E-state index in [2.05, 4.69) is 31.4 Å². The van der Waals surface area contributed by atoms with Crippen molar-refractivity contribution in [3.05, 3.63) is 71.4 Å². The summed E-state index contributed by atoms with van der Waals surface area (Å²) in [7, 11) is 0. The first-order valence-electron chi connectivity index (χ1n) is 11.7. The number of benzene rings is 2. The van der Waals surface area contributed by atoms with E-state index in [0.29, 0.717) is 12.4 Å². The highest BCUT2D eigenvalue weighted by Crippen LogP contribution is 2.27. The van der Waals surface area contributed by atoms with Gasteiger partial charge in [-0.1, -0.05) is 64.1 Å². The van der Waals surface area contributed by atoms with E-state index in [9.17, 15) is 9.59 Å². The first-order chi connectivity index (χ1) is 16.1. The third-order valence-electron chi connectivity index (χ3n) is 5.73. The molecule has 0 saturated heterocycles. The molecule has 1 aromatic heterocycles. The van der Waals surface area contributed by atoms with Gasteiger partial charge in [0.25, 0.3) is 0 Å². The minimum atomic E-state index is -0.304. The van der Waals surface area contributed by atoms with E-state index >= 15 is 0 Å². The van der Waals surface area contributed by atoms with Crippen LogP contribution in [-0.4, -0.2) is 39.7 Å². The number of aryl methyl sites for hydroxylation is 2. The first-order valence-corrected chi connectivity index (χ1v) is 11.7. The number of anilines is 2. The molecule has 180 valence electrons. The van der Waals surface area contributed by atoms with Crippen molar-refractivity contribution in [3.63, 3.8) is 0 Å². The van der Waals surface area contributed by atoms with E-state index in [1.807, 2.05) is 75.4 Å². The number of nitrogens with one attached hydrogen (secondary N) is 2. The summed E-state index contributed by atoms with van der Waals surface area (Å²) in [5, 5.41) is 10.7. The second-order valence-electron chi connectivity index (χ2n) is 9.37. The fraction of sp³-hybridized carbons (Fsp3) is 0.370. The van der Waals surface area contributed by atoms with E-state index in [0.717, 1.165) is 34.6 Å². The standard InChI is InChI=1S/C27H35N5O2/c1-7-20-14-10-11-15-21(20)28-26(34)31(8-2)18-25(33)29-24-17-23(27(4,5)6)30-32(24)22-16-12-9-13-19(22)3/h9-17H,7-8,18H2,1-6H3,(H,28,34)(H,29,33). The number of hydrogen-bond acceptors (Lipinski definition) is 3. The van der Waals surface area contributed by atoms with Gasteiger partial charge in [-0.25, -0.2) is 9.48 Å². The molecular weight excluding hydrogens is 426 g/mol. The Labute approximate surface area is 202 Å². The van der Waals surface area contributed by atoms with Crippen molar-refractivity contribution in [2.24, 2.45) is 0 Å². The van der Waals surface area contributed by atoms with Gasteiger partial charge in [-0.05, 0) is 43.5 Å². The van der Waals surface area contributed by atoms with Gasteiger partial charge in [-0.15, -0.1) is 0 Å². The smallest absolute Gasteiger partial charge is 0.315 e. The first kappa shape index (κ1) is 25.0. The molecule has 0 aliphatic heterocycles. The van der Waals surface area contributed by atoms with E-state index in [1.54, 1.807) is 4.68 Å². The Balaban J connectivity index is 1.79. The molecule has 3 amide bonds. The van der Waals surface area contributed by atoms with Crippen LogP contribution in [0.1, 0.15) is 51.4 Å². The highest BCUT2D eigenvalue weighted by Gasteiger charge is 2.23. The number of carbonyl (C=O) groups is 2. The molecule has 3 aromatic rings. The molecule has 0 fully saturated rings. The molecule has 7 heteroatoms. The van der Waals surface area contributed by atoms with Crippen LogP contribution < -0.4 is 10.6 Å². The summed E-state index contributed by atoms with van der Waals surface area (Å²) >= 11 is 0. The highest BCUT2D eigenvalue weighted by atomic mass is 16.2. The summed E-state index contributed by atoms with van der Waals surface area (Å²) in [4.78, 5) is 27.4. The van der Waals surface area contributed by atoms with Crippen LogP contribution in [0.4, 0.5) is 16.3 Å². The number of para-hydroxylation sites is 2. The normalized spacial score (nSPS) is 11.2. The quantitative estimate of drug-likeness (QED) is 0.485. The van der Waals surface area contributed by atoms with E-state index in [4.69, 9.17) is 5.10 Å². The maximum Gasteiger partial charge on any atom is 0.322 e. The Hall–Kier alpha value is -3.61. The molecule has 0 aliphatic rings. The molecule has 1 heterocycles. The van der Waals surface area contributed by atoms with Crippen molar-refractivity contribution in [1.29, 1.82) is 0 Å². The zero-order valence-corrected chi connectivity index (χ0v) is 21.0. The summed E-state index contributed by atoms with van der Waals surface area (Å²) in [5.74, 6) is 0.299. The molecule has 7 nitrogen and oxygen atoms in total. The van der Waals surface area contributed by atoms with Gasteiger partial charge in [-0.3, -0.25) is 4.79 Å². The van der Waals surface area contributed by atoms with Crippen molar-refractivity contribution >= 4 is 23.4 Å². The number of likely N-dealkylation sites (N-methyl/N-ethyl adjacent to an activating group) is 1. The Morgan fingerprint density at radius 2 is 1.68 bits per heavy atom. The van der Waals surface area contributed by atoms with E-state index in [-0.39, 0.29) is 23.9 Å². The molecule has 0 saturated carbocycles. The van der Waals surface area contributed by atoms with Crippen molar-refractivity contribution in [2.45, 2.75) is 53.4 Å². The van der Waals surface area contributed by atoms with Crippen LogP contribution in [0.3, 0.4) is 0 Å². The third kappa shape index (κ3) is 5.84. The number of rotatable bonds is 7. The Kier molecular flexibility index (Phi) is 7.76. The number of carbonyl (C=O) groups excluding carboxylic acids is 2. The summed E-state index contributed by atoms with van der Waals surface area (Å²) in [6, 6.07) is 17.2. The van der Waals surface area contributed by atoms with Crippen LogP contribution >= 0.6 is 0 Å². The summed E-state index contributed by atoms with van der Waals surface area (Å²) in [6.45, 7) is 12.5. The number of nitrogens with zero attached hydrogens (tertiary/aromatic N) is 3. The van der Waals surface area contributed by atoms with Crippen LogP contribution in [-0.2, 0) is 16.6 Å². The topological polar surface area (TPSA) is 79.3 Å². The molecular formula is C27H35N5O2. The van der Waals surface area contributed by atoms with Gasteiger partial charge in [0.1, 0.15) is 12.4 Å². The van der Waals surface area contributed by atoms with Crippen molar-refractivity contribution in [2.75, 3.05) is 23.7 Å². The highest BCUT2D eigenvalue weighted by molar-refractivity contribution is 5.97. The molecule has 0 aliphatic carbocycles. The molecule has 34 heavy (non-hydrogen) atoms. The largest absolute Gasteiger partial charge is 0.322 e. The summed E-state index contributed by atoms with van der Waals surface area (Å²) in [6.07, 6.45) is 0.808. The molecule has 0 atom stereocenters. The van der Waals surface area contributed by atoms with Crippen LogP contribution in [0.15, 0.2) is 54.6 Å². The number of hydrogen-bond donors (Lipinski definition) is 2. The fourth-order valence-corrected chi connectivity index (χ4v) is 3.65.